The van der Waals surface area contributed by atoms with E-state index >= 15 is 0 Å². The van der Waals surface area contributed by atoms with Gasteiger partial charge in [0.25, 0.3) is 0 Å². The largest absolute Gasteiger partial charge is 0.497 e. The van der Waals surface area contributed by atoms with Gasteiger partial charge in [0.2, 0.25) is 6.33 Å². The Morgan fingerprint density at radius 1 is 0.800 bits per heavy atom. The molecule has 0 aliphatic carbocycles. The minimum absolute atomic E-state index is 0.840. The second-order valence-electron chi connectivity index (χ2n) is 6.19. The van der Waals surface area contributed by atoms with E-state index in [2.05, 4.69) is 82.2 Å². The number of nitrogens with zero attached hydrogens (tertiary/aromatic N) is 2. The maximum atomic E-state index is 5.25. The summed E-state index contributed by atoms with van der Waals surface area (Å²) in [4.78, 5) is 0. The third-order valence-corrected chi connectivity index (χ3v) is 4.49. The van der Waals surface area contributed by atoms with Gasteiger partial charge in [-0.3, -0.25) is 0 Å². The van der Waals surface area contributed by atoms with Crippen LogP contribution in [-0.2, 0) is 13.1 Å². The quantitative estimate of drug-likeness (QED) is 0.506. The molecule has 3 nitrogen and oxygen atoms in total. The highest BCUT2D eigenvalue weighted by Gasteiger charge is 2.15. The summed E-state index contributed by atoms with van der Waals surface area (Å²) in [7, 11) is 1.70. The van der Waals surface area contributed by atoms with Crippen LogP contribution < -0.4 is 9.30 Å². The zero-order valence-electron chi connectivity index (χ0n) is 14.3. The maximum absolute atomic E-state index is 5.25. The van der Waals surface area contributed by atoms with Crippen LogP contribution in [0.3, 0.4) is 0 Å². The number of fused-ring (bicyclic) bond motifs is 1. The van der Waals surface area contributed by atoms with E-state index in [1.165, 1.54) is 22.2 Å². The monoisotopic (exact) mass is 329 g/mol. The normalized spacial score (nSPS) is 10.9. The fourth-order valence-corrected chi connectivity index (χ4v) is 3.20. The van der Waals surface area contributed by atoms with Crippen LogP contribution in [0.25, 0.3) is 11.0 Å². The van der Waals surface area contributed by atoms with Crippen LogP contribution in [0.4, 0.5) is 0 Å². The van der Waals surface area contributed by atoms with Crippen LogP contribution in [0, 0.1) is 0 Å². The van der Waals surface area contributed by atoms with Crippen molar-refractivity contribution in [2.75, 3.05) is 7.11 Å². The van der Waals surface area contributed by atoms with Crippen LogP contribution in [0.5, 0.6) is 5.75 Å². The summed E-state index contributed by atoms with van der Waals surface area (Å²) in [5.41, 5.74) is 5.06. The molecule has 0 unspecified atom stereocenters. The molecule has 0 amide bonds. The minimum atomic E-state index is 0.840. The van der Waals surface area contributed by atoms with E-state index in [9.17, 15) is 0 Å². The van der Waals surface area contributed by atoms with E-state index in [0.717, 1.165) is 18.8 Å². The molecule has 0 spiro atoms. The van der Waals surface area contributed by atoms with Gasteiger partial charge in [-0.05, 0) is 35.4 Å². The molecular formula is C22H21N2O+. The molecule has 0 saturated carbocycles. The first-order valence-electron chi connectivity index (χ1n) is 8.47. The number of hydrogen-bond donors (Lipinski definition) is 0. The zero-order chi connectivity index (χ0) is 17.1. The van der Waals surface area contributed by atoms with Crippen molar-refractivity contribution in [3.63, 3.8) is 0 Å². The molecule has 0 saturated heterocycles. The molecule has 4 rings (SSSR count). The predicted molar refractivity (Wildman–Crippen MR) is 99.8 cm³/mol. The van der Waals surface area contributed by atoms with Crippen LogP contribution in [0.1, 0.15) is 11.1 Å². The molecule has 3 aromatic carbocycles. The average Bonchev–Trinajstić information content (AvgIpc) is 3.01. The lowest BCUT2D eigenvalue weighted by Crippen LogP contribution is -2.32. The van der Waals surface area contributed by atoms with Gasteiger partial charge in [0.1, 0.15) is 18.8 Å². The molecule has 0 aliphatic heterocycles. The molecule has 0 aliphatic rings. The fraction of sp³-hybridized carbons (Fsp3) is 0.136. The molecule has 0 radical (unpaired) electrons. The molecule has 0 atom stereocenters. The Morgan fingerprint density at radius 3 is 2.28 bits per heavy atom. The van der Waals surface area contributed by atoms with Gasteiger partial charge >= 0.3 is 0 Å². The zero-order valence-corrected chi connectivity index (χ0v) is 14.3. The SMILES string of the molecule is COc1ccc(Cn2c[n+](Cc3ccccc3)c3ccccc32)cc1. The summed E-state index contributed by atoms with van der Waals surface area (Å²) >= 11 is 0. The van der Waals surface area contributed by atoms with Crippen LogP contribution in [0.2, 0.25) is 0 Å². The molecule has 1 aromatic heterocycles. The van der Waals surface area contributed by atoms with Crippen LogP contribution in [-0.4, -0.2) is 11.7 Å². The first kappa shape index (κ1) is 15.5. The first-order valence-corrected chi connectivity index (χ1v) is 8.47. The standard InChI is InChI=1S/C22H21N2O/c1-25-20-13-11-19(12-14-20)16-24-17-23(15-18-7-3-2-4-8-18)21-9-5-6-10-22(21)24/h2-14,17H,15-16H2,1H3/q+1. The molecule has 25 heavy (non-hydrogen) atoms. The lowest BCUT2D eigenvalue weighted by atomic mass is 10.2. The van der Waals surface area contributed by atoms with Crippen molar-refractivity contribution in [1.29, 1.82) is 0 Å². The lowest BCUT2D eigenvalue weighted by Gasteiger charge is -2.02. The van der Waals surface area contributed by atoms with Gasteiger partial charge in [0.05, 0.1) is 7.11 Å². The lowest BCUT2D eigenvalue weighted by molar-refractivity contribution is -0.663. The van der Waals surface area contributed by atoms with E-state index in [1.807, 2.05) is 12.1 Å². The molecule has 1 heterocycles. The number of benzene rings is 3. The Hall–Kier alpha value is -3.07. The molecular weight excluding hydrogens is 308 g/mol. The minimum Gasteiger partial charge on any atom is -0.497 e. The summed E-state index contributed by atoms with van der Waals surface area (Å²) in [6.07, 6.45) is 2.21. The smallest absolute Gasteiger partial charge is 0.245 e. The van der Waals surface area contributed by atoms with E-state index in [4.69, 9.17) is 4.74 Å². The summed E-state index contributed by atoms with van der Waals surface area (Å²) in [5.74, 6) is 0.889. The number of hydrogen-bond acceptors (Lipinski definition) is 1. The topological polar surface area (TPSA) is 18.0 Å². The van der Waals surface area contributed by atoms with E-state index in [1.54, 1.807) is 7.11 Å². The molecule has 0 N–H and O–H groups in total. The third kappa shape index (κ3) is 3.26. The molecule has 3 heteroatoms. The highest BCUT2D eigenvalue weighted by molar-refractivity contribution is 5.71. The Bertz CT molecular complexity index is 972. The Kier molecular flexibility index (Phi) is 4.21. The Labute approximate surface area is 147 Å². The summed E-state index contributed by atoms with van der Waals surface area (Å²) < 4.78 is 9.87. The van der Waals surface area contributed by atoms with Crippen molar-refractivity contribution in [3.05, 3.63) is 96.3 Å². The van der Waals surface area contributed by atoms with Crippen molar-refractivity contribution >= 4 is 11.0 Å². The maximum Gasteiger partial charge on any atom is 0.245 e. The second kappa shape index (κ2) is 6.81. The molecule has 124 valence electrons. The van der Waals surface area contributed by atoms with E-state index in [0.29, 0.717) is 0 Å². The fourth-order valence-electron chi connectivity index (χ4n) is 3.20. The van der Waals surface area contributed by atoms with Crippen molar-refractivity contribution in [2.45, 2.75) is 13.1 Å². The first-order chi connectivity index (χ1) is 12.3. The van der Waals surface area contributed by atoms with Gasteiger partial charge in [-0.2, -0.15) is 0 Å². The van der Waals surface area contributed by atoms with Crippen molar-refractivity contribution in [1.82, 2.24) is 4.57 Å². The Morgan fingerprint density at radius 2 is 1.52 bits per heavy atom. The predicted octanol–water partition coefficient (Wildman–Crippen LogP) is 4.03. The van der Waals surface area contributed by atoms with Crippen molar-refractivity contribution in [3.8, 4) is 5.75 Å². The summed E-state index contributed by atoms with van der Waals surface area (Å²) in [6, 6.07) is 27.4. The van der Waals surface area contributed by atoms with Crippen molar-refractivity contribution in [2.24, 2.45) is 0 Å². The van der Waals surface area contributed by atoms with E-state index < -0.39 is 0 Å². The van der Waals surface area contributed by atoms with Crippen molar-refractivity contribution < 1.29 is 9.30 Å². The van der Waals surface area contributed by atoms with Crippen LogP contribution in [0.15, 0.2) is 85.2 Å². The molecule has 4 aromatic rings. The average molecular weight is 329 g/mol. The third-order valence-electron chi connectivity index (χ3n) is 4.49. The molecule has 0 fully saturated rings. The van der Waals surface area contributed by atoms with E-state index in [-0.39, 0.29) is 0 Å². The van der Waals surface area contributed by atoms with Gasteiger partial charge in [-0.15, -0.1) is 0 Å². The van der Waals surface area contributed by atoms with Crippen LogP contribution >= 0.6 is 0 Å². The number of aromatic nitrogens is 2. The number of ether oxygens (including phenoxy) is 1. The number of para-hydroxylation sites is 2. The van der Waals surface area contributed by atoms with Gasteiger partial charge < -0.3 is 4.74 Å². The number of methoxy groups -OCH3 is 1. The Balaban J connectivity index is 1.69. The van der Waals surface area contributed by atoms with Gasteiger partial charge in [-0.25, -0.2) is 9.13 Å². The van der Waals surface area contributed by atoms with Gasteiger partial charge in [0.15, 0.2) is 11.0 Å². The van der Waals surface area contributed by atoms with Gasteiger partial charge in [0, 0.05) is 0 Å². The summed E-state index contributed by atoms with van der Waals surface area (Å²) in [5, 5.41) is 0. The molecule has 0 bridgehead atoms. The second-order valence-corrected chi connectivity index (χ2v) is 6.19. The number of rotatable bonds is 5. The van der Waals surface area contributed by atoms with Gasteiger partial charge in [-0.1, -0.05) is 54.6 Å². The highest BCUT2D eigenvalue weighted by Crippen LogP contribution is 2.16. The highest BCUT2D eigenvalue weighted by atomic mass is 16.5. The summed E-state index contributed by atoms with van der Waals surface area (Å²) in [6.45, 7) is 1.71. The number of imidazole rings is 1.